The summed E-state index contributed by atoms with van der Waals surface area (Å²) in [6, 6.07) is 15.3. The van der Waals surface area contributed by atoms with Gasteiger partial charge in [-0.3, -0.25) is 14.5 Å². The number of hydrogen-bond donors (Lipinski definition) is 1. The molecule has 2 aromatic carbocycles. The highest BCUT2D eigenvalue weighted by atomic mass is 16.5. The SMILES string of the molecule is C=CCN1C(=O)N[C@H](c2cccc(Oc3ccccc3)c2)C2=C1CN([C@H](C(=O)N1CCCC1)C(C)C)C2=O. The summed E-state index contributed by atoms with van der Waals surface area (Å²) < 4.78 is 6.02. The second-order valence-corrected chi connectivity index (χ2v) is 10.3. The average molecular weight is 515 g/mol. The molecule has 0 spiro atoms. The molecule has 8 heteroatoms. The first-order valence-corrected chi connectivity index (χ1v) is 13.2. The third-order valence-corrected chi connectivity index (χ3v) is 7.37. The van der Waals surface area contributed by atoms with Gasteiger partial charge in [-0.25, -0.2) is 4.79 Å². The molecule has 0 bridgehead atoms. The van der Waals surface area contributed by atoms with Gasteiger partial charge in [0.2, 0.25) is 5.91 Å². The first kappa shape index (κ1) is 25.6. The molecule has 0 saturated carbocycles. The maximum absolute atomic E-state index is 14.1. The summed E-state index contributed by atoms with van der Waals surface area (Å²) in [6.07, 6.45) is 3.60. The zero-order chi connectivity index (χ0) is 26.8. The Bertz CT molecular complexity index is 1270. The minimum atomic E-state index is -0.662. The van der Waals surface area contributed by atoms with E-state index in [1.165, 1.54) is 0 Å². The lowest BCUT2D eigenvalue weighted by atomic mass is 9.95. The van der Waals surface area contributed by atoms with Gasteiger partial charge >= 0.3 is 6.03 Å². The van der Waals surface area contributed by atoms with Crippen LogP contribution >= 0.6 is 0 Å². The highest BCUT2D eigenvalue weighted by molar-refractivity contribution is 6.03. The molecule has 3 aliphatic rings. The van der Waals surface area contributed by atoms with Gasteiger partial charge in [0.05, 0.1) is 23.9 Å². The van der Waals surface area contributed by atoms with E-state index >= 15 is 0 Å². The largest absolute Gasteiger partial charge is 0.457 e. The third-order valence-electron chi connectivity index (χ3n) is 7.37. The van der Waals surface area contributed by atoms with Gasteiger partial charge in [-0.2, -0.15) is 0 Å². The Morgan fingerprint density at radius 2 is 1.79 bits per heavy atom. The van der Waals surface area contributed by atoms with E-state index in [2.05, 4.69) is 11.9 Å². The number of amides is 4. The van der Waals surface area contributed by atoms with Crippen LogP contribution in [0, 0.1) is 5.92 Å². The molecule has 0 aromatic heterocycles. The number of urea groups is 1. The normalized spacial score (nSPS) is 20.1. The van der Waals surface area contributed by atoms with E-state index in [0.29, 0.717) is 22.8 Å². The van der Waals surface area contributed by atoms with Crippen molar-refractivity contribution in [3.8, 4) is 11.5 Å². The predicted molar refractivity (Wildman–Crippen MR) is 144 cm³/mol. The van der Waals surface area contributed by atoms with Gasteiger partial charge in [0.1, 0.15) is 17.5 Å². The van der Waals surface area contributed by atoms with Crippen molar-refractivity contribution >= 4 is 17.8 Å². The molecule has 2 atom stereocenters. The van der Waals surface area contributed by atoms with Crippen molar-refractivity contribution < 1.29 is 19.1 Å². The van der Waals surface area contributed by atoms with Gasteiger partial charge in [-0.15, -0.1) is 6.58 Å². The van der Waals surface area contributed by atoms with Crippen LogP contribution in [-0.2, 0) is 9.59 Å². The maximum Gasteiger partial charge on any atom is 0.322 e. The number of benzene rings is 2. The molecule has 1 saturated heterocycles. The molecule has 1 N–H and O–H groups in total. The second-order valence-electron chi connectivity index (χ2n) is 10.3. The van der Waals surface area contributed by atoms with Crippen molar-refractivity contribution in [2.75, 3.05) is 26.2 Å². The van der Waals surface area contributed by atoms with E-state index in [9.17, 15) is 14.4 Å². The van der Waals surface area contributed by atoms with Crippen molar-refractivity contribution in [3.05, 3.63) is 84.1 Å². The third kappa shape index (κ3) is 4.78. The minimum absolute atomic E-state index is 0.0185. The summed E-state index contributed by atoms with van der Waals surface area (Å²) in [5.74, 6) is 0.976. The molecule has 0 radical (unpaired) electrons. The van der Waals surface area contributed by atoms with E-state index in [-0.39, 0.29) is 36.9 Å². The number of ether oxygens (including phenoxy) is 1. The number of rotatable bonds is 8. The standard InChI is InChI=1S/C30H34N4O4/c1-4-15-33-24-19-34(27(20(2)3)29(36)32-16-8-9-17-32)28(35)25(24)26(31-30(33)37)21-11-10-14-23(18-21)38-22-12-6-5-7-13-22/h4-7,10-14,18,20,26-27H,1,8-9,15-17,19H2,2-3H3,(H,31,37)/t26-,27+/m1/s1. The van der Waals surface area contributed by atoms with Crippen LogP contribution in [0.25, 0.3) is 0 Å². The number of hydrogen-bond acceptors (Lipinski definition) is 4. The molecule has 1 fully saturated rings. The number of nitrogens with one attached hydrogen (secondary N) is 1. The lowest BCUT2D eigenvalue weighted by molar-refractivity contribution is -0.144. The molecule has 198 valence electrons. The van der Waals surface area contributed by atoms with Gasteiger partial charge in [0.25, 0.3) is 5.91 Å². The van der Waals surface area contributed by atoms with Gasteiger partial charge in [-0.05, 0) is 48.6 Å². The van der Waals surface area contributed by atoms with Crippen molar-refractivity contribution in [2.45, 2.75) is 38.8 Å². The highest BCUT2D eigenvalue weighted by Gasteiger charge is 2.48. The van der Waals surface area contributed by atoms with E-state index < -0.39 is 12.1 Å². The number of carbonyl (C=O) groups excluding carboxylic acids is 3. The van der Waals surface area contributed by atoms with Crippen LogP contribution in [0.1, 0.15) is 38.3 Å². The molecule has 0 aliphatic carbocycles. The van der Waals surface area contributed by atoms with Crippen LogP contribution in [0.3, 0.4) is 0 Å². The van der Waals surface area contributed by atoms with Crippen LogP contribution in [0.5, 0.6) is 11.5 Å². The fraction of sp³-hybridized carbons (Fsp3) is 0.367. The molecular formula is C30H34N4O4. The summed E-state index contributed by atoms with van der Waals surface area (Å²) in [7, 11) is 0. The molecule has 38 heavy (non-hydrogen) atoms. The molecule has 0 unspecified atom stereocenters. The molecule has 5 rings (SSSR count). The Balaban J connectivity index is 1.50. The second kappa shape index (κ2) is 10.7. The quantitative estimate of drug-likeness (QED) is 0.527. The van der Waals surface area contributed by atoms with Crippen LogP contribution in [0.4, 0.5) is 4.79 Å². The van der Waals surface area contributed by atoms with Crippen LogP contribution < -0.4 is 10.1 Å². The van der Waals surface area contributed by atoms with Gasteiger partial charge in [0, 0.05) is 19.6 Å². The van der Waals surface area contributed by atoms with Gasteiger partial charge in [-0.1, -0.05) is 50.3 Å². The summed E-state index contributed by atoms with van der Waals surface area (Å²) in [6.45, 7) is 9.64. The summed E-state index contributed by atoms with van der Waals surface area (Å²) >= 11 is 0. The smallest absolute Gasteiger partial charge is 0.322 e. The first-order chi connectivity index (χ1) is 18.4. The molecule has 2 aromatic rings. The zero-order valence-electron chi connectivity index (χ0n) is 21.9. The van der Waals surface area contributed by atoms with E-state index in [4.69, 9.17) is 4.74 Å². The Morgan fingerprint density at radius 1 is 1.08 bits per heavy atom. The summed E-state index contributed by atoms with van der Waals surface area (Å²) in [5.41, 5.74) is 1.85. The zero-order valence-corrected chi connectivity index (χ0v) is 21.9. The topological polar surface area (TPSA) is 82.2 Å². The molecule has 4 amide bonds. The van der Waals surface area contributed by atoms with E-state index in [1.807, 2.05) is 73.3 Å². The fourth-order valence-electron chi connectivity index (χ4n) is 5.60. The molecule has 3 aliphatic heterocycles. The average Bonchev–Trinajstić information content (AvgIpc) is 3.56. The number of para-hydroxylation sites is 1. The Labute approximate surface area is 223 Å². The van der Waals surface area contributed by atoms with E-state index in [0.717, 1.165) is 31.5 Å². The van der Waals surface area contributed by atoms with Gasteiger partial charge < -0.3 is 19.9 Å². The lowest BCUT2D eigenvalue weighted by Gasteiger charge is -2.33. The Hall–Kier alpha value is -4.07. The van der Waals surface area contributed by atoms with Gasteiger partial charge in [0.15, 0.2) is 0 Å². The monoisotopic (exact) mass is 514 g/mol. The lowest BCUT2D eigenvalue weighted by Crippen LogP contribution is -2.52. The Kier molecular flexibility index (Phi) is 7.22. The number of likely N-dealkylation sites (tertiary alicyclic amines) is 1. The first-order valence-electron chi connectivity index (χ1n) is 13.2. The molecular weight excluding hydrogens is 480 g/mol. The number of nitrogens with zero attached hydrogens (tertiary/aromatic N) is 3. The van der Waals surface area contributed by atoms with Crippen LogP contribution in [0.2, 0.25) is 0 Å². The molecule has 8 nitrogen and oxygen atoms in total. The minimum Gasteiger partial charge on any atom is -0.457 e. The van der Waals surface area contributed by atoms with E-state index in [1.54, 1.807) is 15.9 Å². The van der Waals surface area contributed by atoms with Crippen LogP contribution in [-0.4, -0.2) is 64.8 Å². The fourth-order valence-corrected chi connectivity index (χ4v) is 5.60. The highest BCUT2D eigenvalue weighted by Crippen LogP contribution is 2.39. The summed E-state index contributed by atoms with van der Waals surface area (Å²) in [4.78, 5) is 46.0. The number of carbonyl (C=O) groups is 3. The Morgan fingerprint density at radius 3 is 2.47 bits per heavy atom. The predicted octanol–water partition coefficient (Wildman–Crippen LogP) is 4.47. The summed E-state index contributed by atoms with van der Waals surface area (Å²) in [5, 5.41) is 3.02. The van der Waals surface area contributed by atoms with Crippen molar-refractivity contribution in [1.29, 1.82) is 0 Å². The van der Waals surface area contributed by atoms with Crippen molar-refractivity contribution in [3.63, 3.8) is 0 Å². The maximum atomic E-state index is 14.1. The molecule has 3 heterocycles. The van der Waals surface area contributed by atoms with Crippen LogP contribution in [0.15, 0.2) is 78.5 Å². The van der Waals surface area contributed by atoms with Crippen molar-refractivity contribution in [1.82, 2.24) is 20.0 Å². The van der Waals surface area contributed by atoms with Crippen molar-refractivity contribution in [2.24, 2.45) is 5.92 Å².